The molecule has 3 aromatic rings. The maximum Gasteiger partial charge on any atom is 0.338 e. The van der Waals surface area contributed by atoms with Gasteiger partial charge in [0.05, 0.1) is 10.6 Å². The highest BCUT2D eigenvalue weighted by Crippen LogP contribution is 2.37. The first kappa shape index (κ1) is 25.8. The highest BCUT2D eigenvalue weighted by Gasteiger charge is 2.35. The van der Waals surface area contributed by atoms with Gasteiger partial charge in [-0.2, -0.15) is 4.98 Å². The van der Waals surface area contributed by atoms with E-state index in [1.54, 1.807) is 40.7 Å². The molecule has 0 fully saturated rings. The van der Waals surface area contributed by atoms with Crippen LogP contribution in [0.5, 0.6) is 5.75 Å². The van der Waals surface area contributed by atoms with Gasteiger partial charge in [0, 0.05) is 17.0 Å². The number of nitrogens with one attached hydrogen (secondary N) is 1. The zero-order valence-electron chi connectivity index (χ0n) is 20.0. The Balaban J connectivity index is 1.63. The van der Waals surface area contributed by atoms with Crippen molar-refractivity contribution in [2.45, 2.75) is 38.1 Å². The average Bonchev–Trinajstić information content (AvgIpc) is 3.27. The van der Waals surface area contributed by atoms with E-state index in [9.17, 15) is 9.18 Å². The molecule has 0 bridgehead atoms. The molecule has 1 N–H and O–H groups in total. The van der Waals surface area contributed by atoms with Crippen molar-refractivity contribution in [3.63, 3.8) is 0 Å². The second-order valence-electron chi connectivity index (χ2n) is 8.02. The highest BCUT2D eigenvalue weighted by molar-refractivity contribution is 7.99. The largest absolute Gasteiger partial charge is 0.489 e. The summed E-state index contributed by atoms with van der Waals surface area (Å²) in [6, 6.07) is 11.2. The second kappa shape index (κ2) is 11.6. The van der Waals surface area contributed by atoms with Crippen LogP contribution < -0.4 is 10.1 Å². The van der Waals surface area contributed by atoms with Gasteiger partial charge in [-0.25, -0.2) is 13.9 Å². The Morgan fingerprint density at radius 1 is 1.31 bits per heavy atom. The summed E-state index contributed by atoms with van der Waals surface area (Å²) in [6.45, 7) is 7.60. The summed E-state index contributed by atoms with van der Waals surface area (Å²) in [4.78, 5) is 17.6. The van der Waals surface area contributed by atoms with Crippen LogP contribution in [0.25, 0.3) is 0 Å². The SMILES string of the molecule is C=CCOC(=O)C1=C(C)Nc2nc(SCCC)nn2C1c1ccc(OCc2c(F)cccc2Cl)cc1. The molecule has 188 valence electrons. The Kier molecular flexibility index (Phi) is 8.32. The predicted octanol–water partition coefficient (Wildman–Crippen LogP) is 6.17. The summed E-state index contributed by atoms with van der Waals surface area (Å²) in [5.74, 6) is 1.07. The van der Waals surface area contributed by atoms with E-state index in [4.69, 9.17) is 21.1 Å². The van der Waals surface area contributed by atoms with E-state index in [0.717, 1.165) is 17.7 Å². The first-order valence-corrected chi connectivity index (χ1v) is 12.8. The van der Waals surface area contributed by atoms with Crippen molar-refractivity contribution < 1.29 is 18.7 Å². The summed E-state index contributed by atoms with van der Waals surface area (Å²) in [7, 11) is 0. The number of allylic oxidation sites excluding steroid dienone is 1. The minimum Gasteiger partial charge on any atom is -0.489 e. The third kappa shape index (κ3) is 5.57. The Morgan fingerprint density at radius 2 is 2.08 bits per heavy atom. The molecule has 0 aliphatic carbocycles. The van der Waals surface area contributed by atoms with Gasteiger partial charge in [-0.15, -0.1) is 5.10 Å². The minimum atomic E-state index is -0.558. The van der Waals surface area contributed by atoms with Crippen molar-refractivity contribution in [2.75, 3.05) is 17.7 Å². The first-order chi connectivity index (χ1) is 17.4. The molecule has 0 radical (unpaired) electrons. The van der Waals surface area contributed by atoms with Crippen LogP contribution in [0.4, 0.5) is 10.3 Å². The molecule has 0 amide bonds. The lowest BCUT2D eigenvalue weighted by Crippen LogP contribution is -2.29. The van der Waals surface area contributed by atoms with Crippen molar-refractivity contribution in [2.24, 2.45) is 0 Å². The molecule has 2 aromatic carbocycles. The van der Waals surface area contributed by atoms with Crippen molar-refractivity contribution in [1.82, 2.24) is 14.8 Å². The number of nitrogens with zero attached hydrogens (tertiary/aromatic N) is 3. The Labute approximate surface area is 218 Å². The van der Waals surface area contributed by atoms with Gasteiger partial charge >= 0.3 is 5.97 Å². The normalized spacial score (nSPS) is 14.7. The maximum absolute atomic E-state index is 14.1. The van der Waals surface area contributed by atoms with Gasteiger partial charge in [-0.3, -0.25) is 0 Å². The molecular formula is C26H26ClFN4O3S. The van der Waals surface area contributed by atoms with Crippen LogP contribution >= 0.6 is 23.4 Å². The molecule has 0 saturated heterocycles. The van der Waals surface area contributed by atoms with Gasteiger partial charge in [0.15, 0.2) is 0 Å². The number of hydrogen-bond donors (Lipinski definition) is 1. The molecule has 1 aliphatic rings. The van der Waals surface area contributed by atoms with E-state index in [2.05, 4.69) is 28.9 Å². The topological polar surface area (TPSA) is 78.3 Å². The lowest BCUT2D eigenvalue weighted by Gasteiger charge is -2.28. The van der Waals surface area contributed by atoms with Gasteiger partial charge in [-0.05, 0) is 43.2 Å². The number of esters is 1. The quantitative estimate of drug-likeness (QED) is 0.191. The fourth-order valence-electron chi connectivity index (χ4n) is 3.74. The molecule has 2 heterocycles. The number of rotatable bonds is 10. The van der Waals surface area contributed by atoms with Crippen molar-refractivity contribution in [3.05, 3.63) is 88.4 Å². The number of halogens is 2. The summed E-state index contributed by atoms with van der Waals surface area (Å²) in [6.07, 6.45) is 2.51. The Bertz CT molecular complexity index is 1270. The molecule has 1 atom stereocenters. The zero-order chi connectivity index (χ0) is 25.7. The molecule has 0 saturated carbocycles. The molecule has 1 aromatic heterocycles. The Hall–Kier alpha value is -3.30. The molecule has 1 unspecified atom stereocenters. The third-order valence-electron chi connectivity index (χ3n) is 5.46. The molecule has 0 spiro atoms. The molecule has 36 heavy (non-hydrogen) atoms. The number of fused-ring (bicyclic) bond motifs is 1. The standard InChI is InChI=1S/C26H26ClFN4O3S/c1-4-13-34-24(33)22-16(3)29-25-30-26(36-14-5-2)31-32(25)23(22)17-9-11-18(12-10-17)35-15-19-20(27)7-6-8-21(19)28/h4,6-12,23H,1,5,13-15H2,2-3H3,(H,29,30,31). The number of hydrogen-bond acceptors (Lipinski definition) is 7. The monoisotopic (exact) mass is 528 g/mol. The highest BCUT2D eigenvalue weighted by atomic mass is 35.5. The smallest absolute Gasteiger partial charge is 0.338 e. The van der Waals surface area contributed by atoms with E-state index in [-0.39, 0.29) is 18.8 Å². The van der Waals surface area contributed by atoms with E-state index in [1.807, 2.05) is 19.1 Å². The van der Waals surface area contributed by atoms with E-state index in [1.165, 1.54) is 12.1 Å². The minimum absolute atomic E-state index is 0.0123. The fourth-order valence-corrected chi connectivity index (χ4v) is 4.64. The molecule has 1 aliphatic heterocycles. The van der Waals surface area contributed by atoms with Gasteiger partial charge in [0.2, 0.25) is 11.1 Å². The number of thioether (sulfide) groups is 1. The number of aromatic nitrogens is 3. The molecule has 10 heteroatoms. The van der Waals surface area contributed by atoms with Crippen molar-refractivity contribution in [1.29, 1.82) is 0 Å². The first-order valence-electron chi connectivity index (χ1n) is 11.4. The molecule has 4 rings (SSSR count). The van der Waals surface area contributed by atoms with E-state index >= 15 is 0 Å². The Morgan fingerprint density at radius 3 is 2.78 bits per heavy atom. The maximum atomic E-state index is 14.1. The van der Waals surface area contributed by atoms with Crippen molar-refractivity contribution >= 4 is 35.3 Å². The van der Waals surface area contributed by atoms with Crippen LogP contribution in [-0.2, 0) is 16.1 Å². The van der Waals surface area contributed by atoms with Gasteiger partial charge in [-0.1, -0.05) is 61.1 Å². The van der Waals surface area contributed by atoms with E-state index in [0.29, 0.717) is 33.1 Å². The number of carbonyl (C=O) groups is 1. The second-order valence-corrected chi connectivity index (χ2v) is 9.49. The van der Waals surface area contributed by atoms with Crippen LogP contribution in [0.2, 0.25) is 5.02 Å². The van der Waals surface area contributed by atoms with Crippen LogP contribution in [-0.4, -0.2) is 33.1 Å². The van der Waals surface area contributed by atoms with Crippen LogP contribution in [0.3, 0.4) is 0 Å². The number of ether oxygens (including phenoxy) is 2. The zero-order valence-corrected chi connectivity index (χ0v) is 21.5. The van der Waals surface area contributed by atoms with Crippen molar-refractivity contribution in [3.8, 4) is 5.75 Å². The number of benzene rings is 2. The van der Waals surface area contributed by atoms with Crippen LogP contribution in [0, 0.1) is 5.82 Å². The van der Waals surface area contributed by atoms with E-state index < -0.39 is 17.8 Å². The van der Waals surface area contributed by atoms with Crippen LogP contribution in [0.1, 0.15) is 37.4 Å². The number of anilines is 1. The third-order valence-corrected chi connectivity index (χ3v) is 6.86. The lowest BCUT2D eigenvalue weighted by molar-refractivity contribution is -0.138. The lowest BCUT2D eigenvalue weighted by atomic mass is 9.96. The summed E-state index contributed by atoms with van der Waals surface area (Å²) in [5, 5.41) is 8.78. The van der Waals surface area contributed by atoms with Crippen LogP contribution in [0.15, 0.2) is 71.5 Å². The van der Waals surface area contributed by atoms with Gasteiger partial charge in [0.1, 0.15) is 30.8 Å². The van der Waals surface area contributed by atoms with Gasteiger partial charge in [0.25, 0.3) is 0 Å². The summed E-state index contributed by atoms with van der Waals surface area (Å²) < 4.78 is 26.9. The average molecular weight is 529 g/mol. The molecule has 7 nitrogen and oxygen atoms in total. The predicted molar refractivity (Wildman–Crippen MR) is 139 cm³/mol. The fraction of sp³-hybridized carbons (Fsp3) is 0.269. The summed E-state index contributed by atoms with van der Waals surface area (Å²) >= 11 is 7.65. The van der Waals surface area contributed by atoms with Gasteiger partial charge < -0.3 is 14.8 Å². The molecular weight excluding hydrogens is 503 g/mol. The number of carbonyl (C=O) groups excluding carboxylic acids is 1. The summed E-state index contributed by atoms with van der Waals surface area (Å²) in [5.41, 5.74) is 2.14.